The van der Waals surface area contributed by atoms with E-state index in [1.54, 1.807) is 6.07 Å². The van der Waals surface area contributed by atoms with Gasteiger partial charge in [-0.1, -0.05) is 51.1 Å². The Morgan fingerprint density at radius 2 is 1.56 bits per heavy atom. The number of rotatable bonds is 5. The molecule has 0 fully saturated rings. The lowest BCUT2D eigenvalue weighted by molar-refractivity contribution is -0.136. The number of carbonyl (C=O) groups is 1. The molecular formula is C28H21F5N2O4. The summed E-state index contributed by atoms with van der Waals surface area (Å²) in [5.74, 6) is -14.7. The molecule has 0 spiro atoms. The largest absolute Gasteiger partial charge is 0.476 e. The normalized spacial score (nSPS) is 14.8. The number of allylic oxidation sites excluding steroid dienone is 1. The van der Waals surface area contributed by atoms with Gasteiger partial charge in [0.2, 0.25) is 35.0 Å². The van der Waals surface area contributed by atoms with Crippen molar-refractivity contribution in [2.24, 2.45) is 5.73 Å². The first kappa shape index (κ1) is 27.4. The second kappa shape index (κ2) is 10.3. The summed E-state index contributed by atoms with van der Waals surface area (Å²) < 4.78 is 82.6. The number of benzene rings is 3. The molecule has 1 aliphatic rings. The Hall–Kier alpha value is -4.59. The summed E-state index contributed by atoms with van der Waals surface area (Å²) in [6, 6.07) is 14.0. The van der Waals surface area contributed by atoms with Gasteiger partial charge in [-0.15, -0.1) is 0 Å². The van der Waals surface area contributed by atoms with Crippen LogP contribution in [0.1, 0.15) is 43.4 Å². The van der Waals surface area contributed by atoms with Crippen LogP contribution < -0.4 is 19.9 Å². The quantitative estimate of drug-likeness (QED) is 0.142. The van der Waals surface area contributed by atoms with Crippen LogP contribution in [0.25, 0.3) is 0 Å². The fourth-order valence-electron chi connectivity index (χ4n) is 4.02. The first-order valence-electron chi connectivity index (χ1n) is 11.5. The minimum Gasteiger partial charge on any atom is -0.476 e. The van der Waals surface area contributed by atoms with E-state index in [1.165, 1.54) is 12.1 Å². The molecule has 0 saturated carbocycles. The Bertz CT molecular complexity index is 1510. The highest BCUT2D eigenvalue weighted by molar-refractivity contribution is 5.74. The van der Waals surface area contributed by atoms with Crippen molar-refractivity contribution in [1.29, 1.82) is 5.26 Å². The van der Waals surface area contributed by atoms with Crippen molar-refractivity contribution in [3.05, 3.63) is 99.7 Å². The predicted molar refractivity (Wildman–Crippen MR) is 128 cm³/mol. The average molecular weight is 544 g/mol. The number of nitrogens with two attached hydrogens (primary N) is 1. The van der Waals surface area contributed by atoms with Gasteiger partial charge in [0.15, 0.2) is 12.4 Å². The standard InChI is InChI=1S/C28H21F5N2O4/c1-28(2,3)14-6-4-13(5-7-14)20-16-9-8-15(10-18(16)39-27(35)17(20)11-34)38-19(36)12-37-26-24(32)22(30)21(29)23(31)25(26)33/h4-10,20H,12,35H2,1-3H3. The Kier molecular flexibility index (Phi) is 7.24. The van der Waals surface area contributed by atoms with Gasteiger partial charge in [-0.3, -0.25) is 0 Å². The van der Waals surface area contributed by atoms with E-state index in [4.69, 9.17) is 15.2 Å². The molecular weight excluding hydrogens is 523 g/mol. The molecule has 0 aromatic heterocycles. The van der Waals surface area contributed by atoms with Gasteiger partial charge in [0.1, 0.15) is 23.1 Å². The van der Waals surface area contributed by atoms with E-state index in [1.807, 2.05) is 24.3 Å². The highest BCUT2D eigenvalue weighted by atomic mass is 19.2. The first-order valence-corrected chi connectivity index (χ1v) is 11.5. The smallest absolute Gasteiger partial charge is 0.349 e. The Morgan fingerprint density at radius 1 is 0.974 bits per heavy atom. The molecule has 0 amide bonds. The minimum absolute atomic E-state index is 0.0852. The van der Waals surface area contributed by atoms with Crippen LogP contribution in [-0.2, 0) is 10.2 Å². The van der Waals surface area contributed by atoms with Crippen molar-refractivity contribution in [3.63, 3.8) is 0 Å². The number of hydrogen-bond acceptors (Lipinski definition) is 6. The third-order valence-electron chi connectivity index (χ3n) is 6.04. The van der Waals surface area contributed by atoms with Crippen LogP contribution in [0.2, 0.25) is 0 Å². The van der Waals surface area contributed by atoms with Crippen LogP contribution >= 0.6 is 0 Å². The van der Waals surface area contributed by atoms with Gasteiger partial charge in [0.25, 0.3) is 0 Å². The fraction of sp³-hybridized carbons (Fsp3) is 0.214. The van der Waals surface area contributed by atoms with Crippen LogP contribution in [0.4, 0.5) is 22.0 Å². The molecule has 202 valence electrons. The van der Waals surface area contributed by atoms with Crippen molar-refractivity contribution in [1.82, 2.24) is 0 Å². The molecule has 2 N–H and O–H groups in total. The van der Waals surface area contributed by atoms with E-state index in [0.29, 0.717) is 5.56 Å². The van der Waals surface area contributed by atoms with Crippen molar-refractivity contribution in [3.8, 4) is 23.3 Å². The van der Waals surface area contributed by atoms with Crippen LogP contribution in [0.15, 0.2) is 53.9 Å². The molecule has 39 heavy (non-hydrogen) atoms. The maximum Gasteiger partial charge on any atom is 0.349 e. The fourth-order valence-corrected chi connectivity index (χ4v) is 4.02. The lowest BCUT2D eigenvalue weighted by Gasteiger charge is -2.27. The Labute approximate surface area is 220 Å². The lowest BCUT2D eigenvalue weighted by atomic mass is 9.81. The summed E-state index contributed by atoms with van der Waals surface area (Å²) >= 11 is 0. The van der Waals surface area contributed by atoms with Crippen molar-refractivity contribution >= 4 is 5.97 Å². The molecule has 6 nitrogen and oxygen atoms in total. The van der Waals surface area contributed by atoms with Crippen LogP contribution in [0, 0.1) is 40.4 Å². The van der Waals surface area contributed by atoms with Gasteiger partial charge in [-0.25, -0.2) is 18.0 Å². The van der Waals surface area contributed by atoms with E-state index >= 15 is 0 Å². The highest BCUT2D eigenvalue weighted by Crippen LogP contribution is 2.43. The number of nitrogens with zero attached hydrogens (tertiary/aromatic N) is 1. The first-order chi connectivity index (χ1) is 18.3. The van der Waals surface area contributed by atoms with E-state index in [-0.39, 0.29) is 28.4 Å². The summed E-state index contributed by atoms with van der Waals surface area (Å²) in [5, 5.41) is 9.75. The number of nitriles is 1. The molecule has 3 aromatic carbocycles. The molecule has 1 atom stereocenters. The zero-order chi connectivity index (χ0) is 28.6. The van der Waals surface area contributed by atoms with Crippen LogP contribution in [0.3, 0.4) is 0 Å². The molecule has 1 heterocycles. The monoisotopic (exact) mass is 544 g/mol. The number of hydrogen-bond donors (Lipinski definition) is 1. The molecule has 0 aliphatic carbocycles. The molecule has 4 rings (SSSR count). The molecule has 1 aliphatic heterocycles. The second-order valence-corrected chi connectivity index (χ2v) is 9.66. The maximum atomic E-state index is 13.8. The van der Waals surface area contributed by atoms with Gasteiger partial charge in [-0.2, -0.15) is 14.0 Å². The number of fused-ring (bicyclic) bond motifs is 1. The Balaban J connectivity index is 1.56. The van der Waals surface area contributed by atoms with Gasteiger partial charge in [0, 0.05) is 11.6 Å². The Morgan fingerprint density at radius 3 is 2.13 bits per heavy atom. The van der Waals surface area contributed by atoms with Gasteiger partial charge in [0.05, 0.1) is 5.92 Å². The average Bonchev–Trinajstić information content (AvgIpc) is 2.89. The van der Waals surface area contributed by atoms with Crippen LogP contribution in [0.5, 0.6) is 17.2 Å². The summed E-state index contributed by atoms with van der Waals surface area (Å²) in [6.45, 7) is 5.05. The lowest BCUT2D eigenvalue weighted by Crippen LogP contribution is -2.22. The number of halogens is 5. The summed E-state index contributed by atoms with van der Waals surface area (Å²) in [5.41, 5.74) is 8.52. The van der Waals surface area contributed by atoms with Crippen LogP contribution in [-0.4, -0.2) is 12.6 Å². The van der Waals surface area contributed by atoms with Crippen molar-refractivity contribution < 1.29 is 41.0 Å². The summed E-state index contributed by atoms with van der Waals surface area (Å²) in [7, 11) is 0. The number of esters is 1. The summed E-state index contributed by atoms with van der Waals surface area (Å²) in [6.07, 6.45) is 0. The minimum atomic E-state index is -2.36. The summed E-state index contributed by atoms with van der Waals surface area (Å²) in [4.78, 5) is 12.2. The van der Waals surface area contributed by atoms with Gasteiger partial charge >= 0.3 is 5.97 Å². The molecule has 1 unspecified atom stereocenters. The van der Waals surface area contributed by atoms with E-state index in [9.17, 15) is 32.0 Å². The number of ether oxygens (including phenoxy) is 3. The van der Waals surface area contributed by atoms with Crippen molar-refractivity contribution in [2.45, 2.75) is 32.1 Å². The molecule has 0 saturated heterocycles. The third kappa shape index (κ3) is 5.23. The maximum absolute atomic E-state index is 13.8. The SMILES string of the molecule is CC(C)(C)c1ccc(C2C(C#N)=C(N)Oc3cc(OC(=O)COc4c(F)c(F)c(F)c(F)c4F)ccc32)cc1. The van der Waals surface area contributed by atoms with Gasteiger partial charge < -0.3 is 19.9 Å². The third-order valence-corrected chi connectivity index (χ3v) is 6.04. The topological polar surface area (TPSA) is 94.6 Å². The van der Waals surface area contributed by atoms with E-state index in [2.05, 4.69) is 31.6 Å². The van der Waals surface area contributed by atoms with E-state index < -0.39 is 53.3 Å². The van der Waals surface area contributed by atoms with E-state index in [0.717, 1.165) is 11.1 Å². The zero-order valence-corrected chi connectivity index (χ0v) is 20.9. The zero-order valence-electron chi connectivity index (χ0n) is 20.9. The molecule has 0 bridgehead atoms. The molecule has 3 aromatic rings. The molecule has 11 heteroatoms. The second-order valence-electron chi connectivity index (χ2n) is 9.66. The van der Waals surface area contributed by atoms with Crippen molar-refractivity contribution in [2.75, 3.05) is 6.61 Å². The number of carbonyl (C=O) groups excluding carboxylic acids is 1. The highest BCUT2D eigenvalue weighted by Gasteiger charge is 2.32. The van der Waals surface area contributed by atoms with Gasteiger partial charge in [-0.05, 0) is 22.6 Å². The predicted octanol–water partition coefficient (Wildman–Crippen LogP) is 5.88. The molecule has 0 radical (unpaired) electrons.